The lowest BCUT2D eigenvalue weighted by Crippen LogP contribution is -2.12. The van der Waals surface area contributed by atoms with Crippen molar-refractivity contribution >= 4 is 38.4 Å². The number of halogens is 1. The van der Waals surface area contributed by atoms with Crippen LogP contribution in [-0.2, 0) is 0 Å². The van der Waals surface area contributed by atoms with E-state index in [1.54, 1.807) is 12.3 Å². The van der Waals surface area contributed by atoms with Crippen LogP contribution in [0.3, 0.4) is 0 Å². The number of aromatic nitrogens is 1. The number of nitrogens with one attached hydrogen (secondary N) is 1. The van der Waals surface area contributed by atoms with Crippen molar-refractivity contribution in [2.75, 3.05) is 5.32 Å². The van der Waals surface area contributed by atoms with Gasteiger partial charge >= 0.3 is 0 Å². The molecule has 0 atom stereocenters. The Balaban J connectivity index is 1.87. The molecule has 2 aromatic carbocycles. The molecule has 3 nitrogen and oxygen atoms in total. The SMILES string of the molecule is Cc1cc(C(=O)Nc2cnc3ccccc3c2)ccc1Br. The first-order chi connectivity index (χ1) is 10.1. The van der Waals surface area contributed by atoms with Crippen molar-refractivity contribution in [1.82, 2.24) is 4.98 Å². The maximum Gasteiger partial charge on any atom is 0.255 e. The molecule has 0 saturated heterocycles. The van der Waals surface area contributed by atoms with Crippen LogP contribution in [0.1, 0.15) is 15.9 Å². The van der Waals surface area contributed by atoms with Crippen molar-refractivity contribution in [2.24, 2.45) is 0 Å². The van der Waals surface area contributed by atoms with Gasteiger partial charge in [-0.1, -0.05) is 34.1 Å². The van der Waals surface area contributed by atoms with Crippen molar-refractivity contribution in [3.63, 3.8) is 0 Å². The molecule has 104 valence electrons. The number of fused-ring (bicyclic) bond motifs is 1. The van der Waals surface area contributed by atoms with E-state index < -0.39 is 0 Å². The Labute approximate surface area is 131 Å². The summed E-state index contributed by atoms with van der Waals surface area (Å²) in [7, 11) is 0. The first-order valence-corrected chi connectivity index (χ1v) is 7.35. The normalized spacial score (nSPS) is 10.6. The second kappa shape index (κ2) is 5.66. The topological polar surface area (TPSA) is 42.0 Å². The van der Waals surface area contributed by atoms with Gasteiger partial charge in [0.2, 0.25) is 0 Å². The molecule has 0 saturated carbocycles. The summed E-state index contributed by atoms with van der Waals surface area (Å²) in [6.07, 6.45) is 1.67. The number of nitrogens with zero attached hydrogens (tertiary/aromatic N) is 1. The molecule has 1 amide bonds. The molecular weight excluding hydrogens is 328 g/mol. The predicted molar refractivity (Wildman–Crippen MR) is 88.6 cm³/mol. The highest BCUT2D eigenvalue weighted by atomic mass is 79.9. The summed E-state index contributed by atoms with van der Waals surface area (Å²) in [5.41, 5.74) is 3.26. The Hall–Kier alpha value is -2.20. The molecule has 1 aromatic heterocycles. The van der Waals surface area contributed by atoms with E-state index in [1.165, 1.54) is 0 Å². The summed E-state index contributed by atoms with van der Waals surface area (Å²) in [6, 6.07) is 15.3. The van der Waals surface area contributed by atoms with E-state index in [2.05, 4.69) is 26.2 Å². The summed E-state index contributed by atoms with van der Waals surface area (Å²) in [5.74, 6) is -0.136. The highest BCUT2D eigenvalue weighted by Crippen LogP contribution is 2.19. The van der Waals surface area contributed by atoms with Gasteiger partial charge in [0.1, 0.15) is 0 Å². The molecule has 0 bridgehead atoms. The molecule has 3 rings (SSSR count). The minimum Gasteiger partial charge on any atom is -0.321 e. The Morgan fingerprint density at radius 2 is 1.95 bits per heavy atom. The van der Waals surface area contributed by atoms with Crippen LogP contribution in [0.15, 0.2) is 59.2 Å². The van der Waals surface area contributed by atoms with Gasteiger partial charge in [-0.2, -0.15) is 0 Å². The summed E-state index contributed by atoms with van der Waals surface area (Å²) in [6.45, 7) is 1.96. The fraction of sp³-hybridized carbons (Fsp3) is 0.0588. The molecule has 0 aliphatic rings. The van der Waals surface area contributed by atoms with Crippen LogP contribution in [0.2, 0.25) is 0 Å². The number of para-hydroxylation sites is 1. The second-order valence-corrected chi connectivity index (χ2v) is 5.69. The highest BCUT2D eigenvalue weighted by Gasteiger charge is 2.08. The Morgan fingerprint density at radius 3 is 2.76 bits per heavy atom. The maximum absolute atomic E-state index is 12.3. The predicted octanol–water partition coefficient (Wildman–Crippen LogP) is 4.56. The lowest BCUT2D eigenvalue weighted by Gasteiger charge is -2.07. The number of carbonyl (C=O) groups excluding carboxylic acids is 1. The van der Waals surface area contributed by atoms with E-state index >= 15 is 0 Å². The van der Waals surface area contributed by atoms with Crippen LogP contribution in [0.5, 0.6) is 0 Å². The van der Waals surface area contributed by atoms with Crippen molar-refractivity contribution in [2.45, 2.75) is 6.92 Å². The average molecular weight is 341 g/mol. The first kappa shape index (κ1) is 13.8. The summed E-state index contributed by atoms with van der Waals surface area (Å²) < 4.78 is 0.992. The second-order valence-electron chi connectivity index (χ2n) is 4.83. The Bertz CT molecular complexity index is 830. The van der Waals surface area contributed by atoms with E-state index in [1.807, 2.05) is 49.4 Å². The van der Waals surface area contributed by atoms with Gasteiger partial charge in [0.15, 0.2) is 0 Å². The molecule has 0 spiro atoms. The van der Waals surface area contributed by atoms with Crippen molar-refractivity contribution in [1.29, 1.82) is 0 Å². The van der Waals surface area contributed by atoms with Gasteiger partial charge in [-0.05, 0) is 42.8 Å². The molecule has 3 aromatic rings. The van der Waals surface area contributed by atoms with Crippen LogP contribution in [0, 0.1) is 6.92 Å². The zero-order chi connectivity index (χ0) is 14.8. The Kier molecular flexibility index (Phi) is 3.71. The van der Waals surface area contributed by atoms with Crippen LogP contribution >= 0.6 is 15.9 Å². The minimum atomic E-state index is -0.136. The number of carbonyl (C=O) groups is 1. The maximum atomic E-state index is 12.3. The molecule has 4 heteroatoms. The molecule has 0 fully saturated rings. The van der Waals surface area contributed by atoms with Gasteiger partial charge in [-0.15, -0.1) is 0 Å². The van der Waals surface area contributed by atoms with Crippen LogP contribution < -0.4 is 5.32 Å². The Morgan fingerprint density at radius 1 is 1.14 bits per heavy atom. The highest BCUT2D eigenvalue weighted by molar-refractivity contribution is 9.10. The largest absolute Gasteiger partial charge is 0.321 e. The zero-order valence-corrected chi connectivity index (χ0v) is 13.0. The third kappa shape index (κ3) is 2.95. The number of anilines is 1. The number of rotatable bonds is 2. The standard InChI is InChI=1S/C17H13BrN2O/c1-11-8-13(6-7-15(11)18)17(21)20-14-9-12-4-2-3-5-16(12)19-10-14/h2-10H,1H3,(H,20,21). The van der Waals surface area contributed by atoms with Gasteiger partial charge in [0.25, 0.3) is 5.91 Å². The van der Waals surface area contributed by atoms with Gasteiger partial charge in [-0.25, -0.2) is 0 Å². The summed E-state index contributed by atoms with van der Waals surface area (Å²) in [4.78, 5) is 16.6. The monoisotopic (exact) mass is 340 g/mol. The first-order valence-electron chi connectivity index (χ1n) is 6.56. The number of aryl methyl sites for hydroxylation is 1. The fourth-order valence-electron chi connectivity index (χ4n) is 2.13. The number of hydrogen-bond acceptors (Lipinski definition) is 2. The van der Waals surface area contributed by atoms with E-state index in [9.17, 15) is 4.79 Å². The van der Waals surface area contributed by atoms with Gasteiger partial charge < -0.3 is 5.32 Å². The lowest BCUT2D eigenvalue weighted by atomic mass is 10.1. The number of benzene rings is 2. The van der Waals surface area contributed by atoms with Crippen LogP contribution in [0.4, 0.5) is 5.69 Å². The summed E-state index contributed by atoms with van der Waals surface area (Å²) >= 11 is 3.43. The van der Waals surface area contributed by atoms with E-state index in [-0.39, 0.29) is 5.91 Å². The zero-order valence-electron chi connectivity index (χ0n) is 11.4. The van der Waals surface area contributed by atoms with Crippen molar-refractivity contribution < 1.29 is 4.79 Å². The molecular formula is C17H13BrN2O. The minimum absolute atomic E-state index is 0.136. The third-order valence-electron chi connectivity index (χ3n) is 3.27. The fourth-order valence-corrected chi connectivity index (χ4v) is 2.38. The average Bonchev–Trinajstić information content (AvgIpc) is 2.50. The number of pyridine rings is 1. The molecule has 21 heavy (non-hydrogen) atoms. The smallest absolute Gasteiger partial charge is 0.255 e. The lowest BCUT2D eigenvalue weighted by molar-refractivity contribution is 0.102. The van der Waals surface area contributed by atoms with Gasteiger partial charge in [-0.3, -0.25) is 9.78 Å². The summed E-state index contributed by atoms with van der Waals surface area (Å²) in [5, 5.41) is 3.88. The van der Waals surface area contributed by atoms with Gasteiger partial charge in [0.05, 0.1) is 17.4 Å². The van der Waals surface area contributed by atoms with E-state index in [0.717, 1.165) is 20.9 Å². The molecule has 0 aliphatic heterocycles. The van der Waals surface area contributed by atoms with Crippen LogP contribution in [0.25, 0.3) is 10.9 Å². The third-order valence-corrected chi connectivity index (χ3v) is 4.16. The quantitative estimate of drug-likeness (QED) is 0.743. The van der Waals surface area contributed by atoms with E-state index in [0.29, 0.717) is 11.3 Å². The number of amides is 1. The van der Waals surface area contributed by atoms with Crippen molar-refractivity contribution in [3.05, 3.63) is 70.3 Å². The van der Waals surface area contributed by atoms with Crippen molar-refractivity contribution in [3.8, 4) is 0 Å². The molecule has 0 aliphatic carbocycles. The molecule has 1 N–H and O–H groups in total. The molecule has 0 radical (unpaired) electrons. The molecule has 0 unspecified atom stereocenters. The molecule has 1 heterocycles. The van der Waals surface area contributed by atoms with Crippen LogP contribution in [-0.4, -0.2) is 10.9 Å². The van der Waals surface area contributed by atoms with E-state index in [4.69, 9.17) is 0 Å². The number of hydrogen-bond donors (Lipinski definition) is 1. The van der Waals surface area contributed by atoms with Gasteiger partial charge in [0, 0.05) is 15.4 Å².